The van der Waals surface area contributed by atoms with Gasteiger partial charge in [-0.25, -0.2) is 4.98 Å². The SMILES string of the molecule is COc1cccc(NCCCc2ncn[nH]2)c1N. The molecule has 4 N–H and O–H groups in total. The Morgan fingerprint density at radius 3 is 3.06 bits per heavy atom. The molecular weight excluding hydrogens is 230 g/mol. The van der Waals surface area contributed by atoms with Gasteiger partial charge < -0.3 is 15.8 Å². The van der Waals surface area contributed by atoms with Crippen molar-refractivity contribution in [2.75, 3.05) is 24.7 Å². The first-order valence-corrected chi connectivity index (χ1v) is 5.82. The standard InChI is InChI=1S/C12H17N5O/c1-18-10-5-2-4-9(12(10)13)14-7-3-6-11-15-8-16-17-11/h2,4-5,8,14H,3,6-7,13H2,1H3,(H,15,16,17). The molecule has 6 nitrogen and oxygen atoms in total. The van der Waals surface area contributed by atoms with Gasteiger partial charge >= 0.3 is 0 Å². The second-order valence-electron chi connectivity index (χ2n) is 3.88. The first kappa shape index (κ1) is 12.2. The van der Waals surface area contributed by atoms with Crippen molar-refractivity contribution in [3.05, 3.63) is 30.4 Å². The zero-order chi connectivity index (χ0) is 12.8. The van der Waals surface area contributed by atoms with Crippen LogP contribution in [0.3, 0.4) is 0 Å². The van der Waals surface area contributed by atoms with Gasteiger partial charge in [0, 0.05) is 13.0 Å². The number of nitrogens with two attached hydrogens (primary N) is 1. The van der Waals surface area contributed by atoms with Crippen LogP contribution in [0.2, 0.25) is 0 Å². The predicted molar refractivity (Wildman–Crippen MR) is 70.6 cm³/mol. The molecule has 0 aliphatic rings. The van der Waals surface area contributed by atoms with Gasteiger partial charge in [0.25, 0.3) is 0 Å². The number of nitrogen functional groups attached to an aromatic ring is 1. The molecular formula is C12H17N5O. The molecule has 2 aromatic rings. The number of hydrogen-bond acceptors (Lipinski definition) is 5. The molecule has 0 saturated heterocycles. The molecule has 1 aromatic heterocycles. The van der Waals surface area contributed by atoms with Crippen LogP contribution in [0, 0.1) is 0 Å². The predicted octanol–water partition coefficient (Wildman–Crippen LogP) is 1.44. The van der Waals surface area contributed by atoms with E-state index in [2.05, 4.69) is 20.5 Å². The van der Waals surface area contributed by atoms with Crippen LogP contribution in [-0.4, -0.2) is 28.8 Å². The van der Waals surface area contributed by atoms with Crippen LogP contribution in [0.15, 0.2) is 24.5 Å². The van der Waals surface area contributed by atoms with Crippen LogP contribution in [0.25, 0.3) is 0 Å². The largest absolute Gasteiger partial charge is 0.495 e. The molecule has 0 radical (unpaired) electrons. The van der Waals surface area contributed by atoms with E-state index in [0.29, 0.717) is 11.4 Å². The van der Waals surface area contributed by atoms with E-state index in [1.165, 1.54) is 6.33 Å². The molecule has 18 heavy (non-hydrogen) atoms. The quantitative estimate of drug-likeness (QED) is 0.531. The summed E-state index contributed by atoms with van der Waals surface area (Å²) in [5.74, 6) is 1.59. The zero-order valence-corrected chi connectivity index (χ0v) is 10.3. The molecule has 1 heterocycles. The Labute approximate surface area is 106 Å². The molecule has 6 heteroatoms. The maximum atomic E-state index is 5.95. The Hall–Kier alpha value is -2.24. The monoisotopic (exact) mass is 247 g/mol. The van der Waals surface area contributed by atoms with Crippen molar-refractivity contribution < 1.29 is 4.74 Å². The highest BCUT2D eigenvalue weighted by atomic mass is 16.5. The minimum atomic E-state index is 0.639. The van der Waals surface area contributed by atoms with Crippen molar-refractivity contribution in [2.45, 2.75) is 12.8 Å². The molecule has 0 atom stereocenters. The molecule has 1 aromatic carbocycles. The van der Waals surface area contributed by atoms with Gasteiger partial charge in [0.1, 0.15) is 17.9 Å². The lowest BCUT2D eigenvalue weighted by atomic mass is 10.2. The van der Waals surface area contributed by atoms with Gasteiger partial charge in [0.05, 0.1) is 18.5 Å². The van der Waals surface area contributed by atoms with Gasteiger partial charge in [0.15, 0.2) is 0 Å². The summed E-state index contributed by atoms with van der Waals surface area (Å²) in [6, 6.07) is 5.69. The third-order valence-electron chi connectivity index (χ3n) is 2.66. The van der Waals surface area contributed by atoms with Crippen molar-refractivity contribution in [1.29, 1.82) is 0 Å². The maximum absolute atomic E-state index is 5.95. The molecule has 0 bridgehead atoms. The number of H-pyrrole nitrogens is 1. The molecule has 0 fully saturated rings. The topological polar surface area (TPSA) is 88.8 Å². The average Bonchev–Trinajstić information content (AvgIpc) is 2.89. The van der Waals surface area contributed by atoms with Crippen molar-refractivity contribution in [2.24, 2.45) is 0 Å². The molecule has 0 spiro atoms. The van der Waals surface area contributed by atoms with Crippen molar-refractivity contribution in [1.82, 2.24) is 15.2 Å². The van der Waals surface area contributed by atoms with E-state index < -0.39 is 0 Å². The summed E-state index contributed by atoms with van der Waals surface area (Å²) in [5.41, 5.74) is 7.49. The van der Waals surface area contributed by atoms with E-state index in [1.807, 2.05) is 18.2 Å². The molecule has 0 unspecified atom stereocenters. The number of benzene rings is 1. The Bertz CT molecular complexity index is 483. The summed E-state index contributed by atoms with van der Waals surface area (Å²) in [6.07, 6.45) is 3.32. The summed E-state index contributed by atoms with van der Waals surface area (Å²) >= 11 is 0. The second-order valence-corrected chi connectivity index (χ2v) is 3.88. The van der Waals surface area contributed by atoms with Crippen molar-refractivity contribution in [3.8, 4) is 5.75 Å². The minimum absolute atomic E-state index is 0.639. The number of ether oxygens (including phenoxy) is 1. The van der Waals surface area contributed by atoms with E-state index in [0.717, 1.165) is 30.9 Å². The molecule has 0 aliphatic heterocycles. The van der Waals surface area contributed by atoms with Crippen LogP contribution in [0.1, 0.15) is 12.2 Å². The van der Waals surface area contributed by atoms with E-state index in [-0.39, 0.29) is 0 Å². The summed E-state index contributed by atoms with van der Waals surface area (Å²) in [6.45, 7) is 0.818. The van der Waals surface area contributed by atoms with Crippen LogP contribution in [-0.2, 0) is 6.42 Å². The highest BCUT2D eigenvalue weighted by Crippen LogP contribution is 2.28. The van der Waals surface area contributed by atoms with Gasteiger partial charge in [-0.1, -0.05) is 6.07 Å². The van der Waals surface area contributed by atoms with Gasteiger partial charge in [-0.2, -0.15) is 5.10 Å². The number of para-hydroxylation sites is 1. The summed E-state index contributed by atoms with van der Waals surface area (Å²) in [4.78, 5) is 4.07. The Balaban J connectivity index is 1.83. The lowest BCUT2D eigenvalue weighted by molar-refractivity contribution is 0.417. The number of aryl methyl sites for hydroxylation is 1. The second kappa shape index (κ2) is 5.90. The Morgan fingerprint density at radius 2 is 2.33 bits per heavy atom. The van der Waals surface area contributed by atoms with Crippen LogP contribution in [0.4, 0.5) is 11.4 Å². The number of rotatable bonds is 6. The van der Waals surface area contributed by atoms with Gasteiger partial charge in [0.2, 0.25) is 0 Å². The Kier molecular flexibility index (Phi) is 4.01. The number of hydrogen-bond donors (Lipinski definition) is 3. The average molecular weight is 247 g/mol. The third kappa shape index (κ3) is 2.91. The normalized spacial score (nSPS) is 10.3. The van der Waals surface area contributed by atoms with E-state index in [4.69, 9.17) is 10.5 Å². The zero-order valence-electron chi connectivity index (χ0n) is 10.3. The summed E-state index contributed by atoms with van der Waals surface area (Å²) in [7, 11) is 1.61. The van der Waals surface area contributed by atoms with E-state index >= 15 is 0 Å². The van der Waals surface area contributed by atoms with Crippen LogP contribution >= 0.6 is 0 Å². The number of anilines is 2. The minimum Gasteiger partial charge on any atom is -0.495 e. The molecule has 0 amide bonds. The molecule has 0 saturated carbocycles. The van der Waals surface area contributed by atoms with Crippen LogP contribution in [0.5, 0.6) is 5.75 Å². The fourth-order valence-electron chi connectivity index (χ4n) is 1.71. The highest BCUT2D eigenvalue weighted by Gasteiger charge is 2.04. The van der Waals surface area contributed by atoms with Gasteiger partial charge in [-0.15, -0.1) is 0 Å². The lowest BCUT2D eigenvalue weighted by Crippen LogP contribution is -2.06. The van der Waals surface area contributed by atoms with Crippen LogP contribution < -0.4 is 15.8 Å². The van der Waals surface area contributed by atoms with Gasteiger partial charge in [-0.3, -0.25) is 5.10 Å². The first-order valence-electron chi connectivity index (χ1n) is 5.82. The summed E-state index contributed by atoms with van der Waals surface area (Å²) < 4.78 is 5.16. The number of aromatic nitrogens is 3. The van der Waals surface area contributed by atoms with E-state index in [1.54, 1.807) is 7.11 Å². The lowest BCUT2D eigenvalue weighted by Gasteiger charge is -2.11. The summed E-state index contributed by atoms with van der Waals surface area (Å²) in [5, 5.41) is 9.92. The fraction of sp³-hybridized carbons (Fsp3) is 0.333. The number of nitrogens with one attached hydrogen (secondary N) is 2. The smallest absolute Gasteiger partial charge is 0.143 e. The molecule has 2 rings (SSSR count). The Morgan fingerprint density at radius 1 is 1.44 bits per heavy atom. The first-order chi connectivity index (χ1) is 8.81. The molecule has 96 valence electrons. The van der Waals surface area contributed by atoms with Crippen molar-refractivity contribution in [3.63, 3.8) is 0 Å². The van der Waals surface area contributed by atoms with Crippen molar-refractivity contribution >= 4 is 11.4 Å². The van der Waals surface area contributed by atoms with Gasteiger partial charge in [-0.05, 0) is 18.6 Å². The number of methoxy groups -OCH3 is 1. The highest BCUT2D eigenvalue weighted by molar-refractivity contribution is 5.72. The van der Waals surface area contributed by atoms with E-state index in [9.17, 15) is 0 Å². The fourth-order valence-corrected chi connectivity index (χ4v) is 1.71. The number of nitrogens with zero attached hydrogens (tertiary/aromatic N) is 2. The third-order valence-corrected chi connectivity index (χ3v) is 2.66. The molecule has 0 aliphatic carbocycles. The maximum Gasteiger partial charge on any atom is 0.143 e. The number of aromatic amines is 1.